The number of guanidine groups is 1. The number of unbranched alkanes of at least 4 members (excludes halogenated alkanes) is 1. The lowest BCUT2D eigenvalue weighted by Gasteiger charge is -2.21. The molecule has 0 aliphatic heterocycles. The van der Waals surface area contributed by atoms with Crippen LogP contribution in [0, 0.1) is 0 Å². The van der Waals surface area contributed by atoms with E-state index in [1.807, 2.05) is 19.2 Å². The molecule has 0 saturated heterocycles. The molecular weight excluding hydrogens is 367 g/mol. The number of aryl methyl sites for hydroxylation is 1. The number of hydrogen-bond donors (Lipinski definition) is 1. The Bertz CT molecular complexity index is 417. The molecule has 0 saturated carbocycles. The van der Waals surface area contributed by atoms with Crippen molar-refractivity contribution in [1.82, 2.24) is 15.4 Å². The Labute approximate surface area is 138 Å². The van der Waals surface area contributed by atoms with Crippen LogP contribution in [0.4, 0.5) is 0 Å². The molecule has 20 heavy (non-hydrogen) atoms. The van der Waals surface area contributed by atoms with Crippen molar-refractivity contribution in [2.24, 2.45) is 4.99 Å². The van der Waals surface area contributed by atoms with Crippen molar-refractivity contribution in [3.05, 3.63) is 30.2 Å². The average Bonchev–Trinajstić information content (AvgIpc) is 2.88. The second-order valence-corrected chi connectivity index (χ2v) is 4.39. The molecule has 0 aliphatic carbocycles. The number of aliphatic imine (C=N–C) groups is 1. The molecule has 0 unspecified atom stereocenters. The standard InChI is InChI=1S/C14H24N4O.HI/c1-5-7-8-9-18(4)14(15-3)16-11-13-10-12(6-2)17-19-13;/h5,10H,1,6-9,11H2,2-4H3,(H,15,16);1H. The molecule has 0 aliphatic rings. The second-order valence-electron chi connectivity index (χ2n) is 4.39. The molecule has 0 aromatic carbocycles. The maximum atomic E-state index is 5.23. The van der Waals surface area contributed by atoms with Gasteiger partial charge in [-0.1, -0.05) is 18.2 Å². The summed E-state index contributed by atoms with van der Waals surface area (Å²) >= 11 is 0. The Kier molecular flexibility index (Phi) is 10.1. The number of hydrogen-bond acceptors (Lipinski definition) is 3. The monoisotopic (exact) mass is 392 g/mol. The first-order valence-corrected chi connectivity index (χ1v) is 6.68. The van der Waals surface area contributed by atoms with Gasteiger partial charge >= 0.3 is 0 Å². The van der Waals surface area contributed by atoms with Crippen LogP contribution in [0.5, 0.6) is 0 Å². The number of rotatable bonds is 7. The molecule has 0 spiro atoms. The molecule has 5 nitrogen and oxygen atoms in total. The molecule has 0 radical (unpaired) electrons. The Balaban J connectivity index is 0.00000361. The van der Waals surface area contributed by atoms with E-state index in [1.54, 1.807) is 7.05 Å². The molecule has 1 aromatic heterocycles. The number of allylic oxidation sites excluding steroid dienone is 1. The van der Waals surface area contributed by atoms with Crippen molar-refractivity contribution in [2.45, 2.75) is 32.7 Å². The first-order valence-electron chi connectivity index (χ1n) is 6.68. The van der Waals surface area contributed by atoms with E-state index in [2.05, 4.69) is 33.9 Å². The van der Waals surface area contributed by atoms with E-state index in [4.69, 9.17) is 4.52 Å². The molecule has 114 valence electrons. The van der Waals surface area contributed by atoms with Crippen LogP contribution in [0.25, 0.3) is 0 Å². The van der Waals surface area contributed by atoms with E-state index in [-0.39, 0.29) is 24.0 Å². The number of aromatic nitrogens is 1. The minimum atomic E-state index is 0. The van der Waals surface area contributed by atoms with E-state index in [0.717, 1.165) is 43.2 Å². The fourth-order valence-corrected chi connectivity index (χ4v) is 1.74. The van der Waals surface area contributed by atoms with Gasteiger partial charge in [0, 0.05) is 26.7 Å². The molecule has 0 bridgehead atoms. The number of nitrogens with zero attached hydrogens (tertiary/aromatic N) is 3. The van der Waals surface area contributed by atoms with Crippen molar-refractivity contribution in [3.8, 4) is 0 Å². The van der Waals surface area contributed by atoms with Crippen molar-refractivity contribution in [1.29, 1.82) is 0 Å². The van der Waals surface area contributed by atoms with Crippen LogP contribution in [0.3, 0.4) is 0 Å². The third-order valence-corrected chi connectivity index (χ3v) is 2.87. The van der Waals surface area contributed by atoms with Gasteiger partial charge in [-0.2, -0.15) is 0 Å². The molecule has 0 atom stereocenters. The smallest absolute Gasteiger partial charge is 0.193 e. The van der Waals surface area contributed by atoms with Gasteiger partial charge in [0.05, 0.1) is 12.2 Å². The van der Waals surface area contributed by atoms with E-state index >= 15 is 0 Å². The maximum Gasteiger partial charge on any atom is 0.193 e. The summed E-state index contributed by atoms with van der Waals surface area (Å²) in [6.07, 6.45) is 4.91. The highest BCUT2D eigenvalue weighted by Gasteiger charge is 2.07. The van der Waals surface area contributed by atoms with Crippen molar-refractivity contribution >= 4 is 29.9 Å². The molecule has 6 heteroatoms. The summed E-state index contributed by atoms with van der Waals surface area (Å²) in [5.41, 5.74) is 0.978. The van der Waals surface area contributed by atoms with Crippen LogP contribution >= 0.6 is 24.0 Å². The summed E-state index contributed by atoms with van der Waals surface area (Å²) in [6.45, 7) is 7.33. The van der Waals surface area contributed by atoms with Gasteiger partial charge < -0.3 is 14.7 Å². The lowest BCUT2D eigenvalue weighted by atomic mass is 10.3. The molecule has 1 aromatic rings. The van der Waals surface area contributed by atoms with Gasteiger partial charge in [0.2, 0.25) is 0 Å². The van der Waals surface area contributed by atoms with Gasteiger partial charge in [0.1, 0.15) is 0 Å². The Morgan fingerprint density at radius 3 is 2.90 bits per heavy atom. The summed E-state index contributed by atoms with van der Waals surface area (Å²) in [7, 11) is 3.81. The fourth-order valence-electron chi connectivity index (χ4n) is 1.74. The lowest BCUT2D eigenvalue weighted by Crippen LogP contribution is -2.38. The van der Waals surface area contributed by atoms with Gasteiger partial charge in [0.15, 0.2) is 11.7 Å². The minimum absolute atomic E-state index is 0. The summed E-state index contributed by atoms with van der Waals surface area (Å²) in [4.78, 5) is 6.35. The zero-order chi connectivity index (χ0) is 14.1. The van der Waals surface area contributed by atoms with E-state index < -0.39 is 0 Å². The third-order valence-electron chi connectivity index (χ3n) is 2.87. The summed E-state index contributed by atoms with van der Waals surface area (Å²) in [5, 5.41) is 7.23. The quantitative estimate of drug-likeness (QED) is 0.255. The van der Waals surface area contributed by atoms with Crippen LogP contribution < -0.4 is 5.32 Å². The van der Waals surface area contributed by atoms with Crippen molar-refractivity contribution in [2.75, 3.05) is 20.6 Å². The topological polar surface area (TPSA) is 53.7 Å². The van der Waals surface area contributed by atoms with Gasteiger partial charge in [-0.3, -0.25) is 4.99 Å². The maximum absolute atomic E-state index is 5.23. The Morgan fingerprint density at radius 2 is 2.35 bits per heavy atom. The summed E-state index contributed by atoms with van der Waals surface area (Å²) in [5.74, 6) is 1.69. The normalized spacial score (nSPS) is 10.8. The summed E-state index contributed by atoms with van der Waals surface area (Å²) < 4.78 is 5.23. The number of nitrogens with one attached hydrogen (secondary N) is 1. The first kappa shape index (κ1) is 18.9. The van der Waals surface area contributed by atoms with Crippen molar-refractivity contribution in [3.63, 3.8) is 0 Å². The zero-order valence-corrected chi connectivity index (χ0v) is 14.9. The van der Waals surface area contributed by atoms with Gasteiger partial charge in [-0.25, -0.2) is 0 Å². The van der Waals surface area contributed by atoms with Gasteiger partial charge in [-0.05, 0) is 19.3 Å². The molecular formula is C14H25IN4O. The van der Waals surface area contributed by atoms with Gasteiger partial charge in [-0.15, -0.1) is 30.6 Å². The van der Waals surface area contributed by atoms with E-state index in [1.165, 1.54) is 0 Å². The SMILES string of the molecule is C=CCCCN(C)C(=NC)NCc1cc(CC)no1.I. The highest BCUT2D eigenvalue weighted by molar-refractivity contribution is 14.0. The van der Waals surface area contributed by atoms with Crippen molar-refractivity contribution < 1.29 is 4.52 Å². The van der Waals surface area contributed by atoms with Crippen LogP contribution in [0.1, 0.15) is 31.2 Å². The highest BCUT2D eigenvalue weighted by atomic mass is 127. The van der Waals surface area contributed by atoms with Gasteiger partial charge in [0.25, 0.3) is 0 Å². The zero-order valence-electron chi connectivity index (χ0n) is 12.6. The largest absolute Gasteiger partial charge is 0.359 e. The Hall–Kier alpha value is -1.05. The number of halogens is 1. The average molecular weight is 392 g/mol. The van der Waals surface area contributed by atoms with Crippen LogP contribution in [0.15, 0.2) is 28.2 Å². The highest BCUT2D eigenvalue weighted by Crippen LogP contribution is 2.04. The fraction of sp³-hybridized carbons (Fsp3) is 0.571. The molecule has 1 rings (SSSR count). The molecule has 1 N–H and O–H groups in total. The first-order chi connectivity index (χ1) is 9.21. The second kappa shape index (κ2) is 10.7. The third kappa shape index (κ3) is 6.40. The predicted molar refractivity (Wildman–Crippen MR) is 93.6 cm³/mol. The minimum Gasteiger partial charge on any atom is -0.359 e. The van der Waals surface area contributed by atoms with Crippen LogP contribution in [-0.4, -0.2) is 36.7 Å². The molecule has 0 fully saturated rings. The summed E-state index contributed by atoms with van der Waals surface area (Å²) in [6, 6.07) is 1.97. The lowest BCUT2D eigenvalue weighted by molar-refractivity contribution is 0.371. The predicted octanol–water partition coefficient (Wildman–Crippen LogP) is 2.83. The van der Waals surface area contributed by atoms with Crippen LogP contribution in [-0.2, 0) is 13.0 Å². The molecule has 1 heterocycles. The van der Waals surface area contributed by atoms with E-state index in [9.17, 15) is 0 Å². The van der Waals surface area contributed by atoms with E-state index in [0.29, 0.717) is 6.54 Å². The van der Waals surface area contributed by atoms with Crippen LogP contribution in [0.2, 0.25) is 0 Å². The Morgan fingerprint density at radius 1 is 1.60 bits per heavy atom. The molecule has 0 amide bonds.